The fourth-order valence-corrected chi connectivity index (χ4v) is 2.40. The zero-order chi connectivity index (χ0) is 16.2. The van der Waals surface area contributed by atoms with E-state index in [4.69, 9.17) is 4.52 Å². The van der Waals surface area contributed by atoms with Gasteiger partial charge in [-0.2, -0.15) is 5.26 Å². The SMILES string of the molecule is Cc1noc(-c2ccccc2)c1C(=O)[C@@H](C#N)c1ccccn1. The maximum atomic E-state index is 12.9. The summed E-state index contributed by atoms with van der Waals surface area (Å²) in [5.74, 6) is -0.968. The van der Waals surface area contributed by atoms with Crippen molar-refractivity contribution in [2.45, 2.75) is 12.8 Å². The highest BCUT2D eigenvalue weighted by atomic mass is 16.5. The maximum absolute atomic E-state index is 12.9. The minimum atomic E-state index is -0.989. The summed E-state index contributed by atoms with van der Waals surface area (Å²) >= 11 is 0. The van der Waals surface area contributed by atoms with Crippen LogP contribution >= 0.6 is 0 Å². The van der Waals surface area contributed by atoms with Gasteiger partial charge in [-0.05, 0) is 19.1 Å². The van der Waals surface area contributed by atoms with Gasteiger partial charge in [-0.1, -0.05) is 41.6 Å². The van der Waals surface area contributed by atoms with E-state index in [9.17, 15) is 10.1 Å². The molecular weight excluding hydrogens is 290 g/mol. The van der Waals surface area contributed by atoms with Crippen LogP contribution in [-0.4, -0.2) is 15.9 Å². The smallest absolute Gasteiger partial charge is 0.191 e. The Bertz CT molecular complexity index is 864. The van der Waals surface area contributed by atoms with E-state index in [-0.39, 0.29) is 5.78 Å². The zero-order valence-electron chi connectivity index (χ0n) is 12.4. The van der Waals surface area contributed by atoms with Crippen molar-refractivity contribution in [3.05, 3.63) is 71.7 Å². The summed E-state index contributed by atoms with van der Waals surface area (Å²) in [4.78, 5) is 17.0. The van der Waals surface area contributed by atoms with Gasteiger partial charge in [0.05, 0.1) is 23.0 Å². The molecule has 1 aromatic carbocycles. The Morgan fingerprint density at radius 2 is 1.91 bits per heavy atom. The number of carbonyl (C=O) groups excluding carboxylic acids is 1. The number of aryl methyl sites for hydroxylation is 1. The molecule has 0 N–H and O–H groups in total. The van der Waals surface area contributed by atoms with Crippen molar-refractivity contribution in [3.63, 3.8) is 0 Å². The predicted molar refractivity (Wildman–Crippen MR) is 83.6 cm³/mol. The molecule has 5 heteroatoms. The first-order chi connectivity index (χ1) is 11.2. The van der Waals surface area contributed by atoms with Gasteiger partial charge in [-0.3, -0.25) is 9.78 Å². The molecule has 23 heavy (non-hydrogen) atoms. The summed E-state index contributed by atoms with van der Waals surface area (Å²) in [5.41, 5.74) is 1.95. The lowest BCUT2D eigenvalue weighted by Gasteiger charge is -2.08. The van der Waals surface area contributed by atoms with E-state index in [2.05, 4.69) is 10.1 Å². The number of hydrogen-bond acceptors (Lipinski definition) is 5. The second-order valence-electron chi connectivity index (χ2n) is 5.02. The topological polar surface area (TPSA) is 79.8 Å². The van der Waals surface area contributed by atoms with Gasteiger partial charge in [0.25, 0.3) is 0 Å². The van der Waals surface area contributed by atoms with E-state index in [0.29, 0.717) is 22.7 Å². The number of hydrogen-bond donors (Lipinski definition) is 0. The number of Topliss-reactive ketones (excluding diaryl/α,β-unsaturated/α-hetero) is 1. The highest BCUT2D eigenvalue weighted by Gasteiger charge is 2.30. The molecule has 0 aliphatic rings. The monoisotopic (exact) mass is 303 g/mol. The molecule has 0 saturated carbocycles. The number of nitriles is 1. The van der Waals surface area contributed by atoms with Crippen LogP contribution in [0.4, 0.5) is 0 Å². The predicted octanol–water partition coefficient (Wildman–Crippen LogP) is 3.54. The molecule has 112 valence electrons. The standard InChI is InChI=1S/C18H13N3O2/c1-12-16(18(23-21-12)13-7-3-2-4-8-13)17(22)14(11-19)15-9-5-6-10-20-15/h2-10,14H,1H3/t14-/m0/s1. The van der Waals surface area contributed by atoms with E-state index in [1.165, 1.54) is 0 Å². The van der Waals surface area contributed by atoms with E-state index < -0.39 is 5.92 Å². The minimum absolute atomic E-state index is 0.327. The number of carbonyl (C=O) groups is 1. The van der Waals surface area contributed by atoms with Gasteiger partial charge in [0.15, 0.2) is 17.5 Å². The third-order valence-corrected chi connectivity index (χ3v) is 3.52. The van der Waals surface area contributed by atoms with Gasteiger partial charge in [-0.15, -0.1) is 0 Å². The Morgan fingerprint density at radius 1 is 1.17 bits per heavy atom. The van der Waals surface area contributed by atoms with Gasteiger partial charge >= 0.3 is 0 Å². The first-order valence-corrected chi connectivity index (χ1v) is 7.09. The van der Waals surface area contributed by atoms with Crippen LogP contribution in [0.3, 0.4) is 0 Å². The van der Waals surface area contributed by atoms with Crippen LogP contribution in [0.25, 0.3) is 11.3 Å². The Kier molecular flexibility index (Phi) is 3.98. The first kappa shape index (κ1) is 14.7. The van der Waals surface area contributed by atoms with Gasteiger partial charge in [0.1, 0.15) is 0 Å². The Hall–Kier alpha value is -3.26. The summed E-state index contributed by atoms with van der Waals surface area (Å²) < 4.78 is 5.33. The molecule has 3 rings (SSSR count). The number of pyridine rings is 1. The minimum Gasteiger partial charge on any atom is -0.355 e. The fourth-order valence-electron chi connectivity index (χ4n) is 2.40. The van der Waals surface area contributed by atoms with E-state index in [1.54, 1.807) is 31.3 Å². The van der Waals surface area contributed by atoms with E-state index in [0.717, 1.165) is 5.56 Å². The Morgan fingerprint density at radius 3 is 2.57 bits per heavy atom. The maximum Gasteiger partial charge on any atom is 0.191 e. The molecule has 0 aliphatic heterocycles. The molecule has 0 fully saturated rings. The Balaban J connectivity index is 2.07. The van der Waals surface area contributed by atoms with Gasteiger partial charge < -0.3 is 4.52 Å². The van der Waals surface area contributed by atoms with Crippen molar-refractivity contribution in [1.82, 2.24) is 10.1 Å². The normalized spacial score (nSPS) is 11.7. The molecule has 0 spiro atoms. The molecule has 0 saturated heterocycles. The molecule has 0 bridgehead atoms. The van der Waals surface area contributed by atoms with Crippen LogP contribution in [-0.2, 0) is 0 Å². The number of ketones is 1. The molecule has 2 aromatic heterocycles. The molecule has 0 radical (unpaired) electrons. The lowest BCUT2D eigenvalue weighted by atomic mass is 9.92. The lowest BCUT2D eigenvalue weighted by molar-refractivity contribution is 0.0977. The number of rotatable bonds is 4. The van der Waals surface area contributed by atoms with Gasteiger partial charge in [-0.25, -0.2) is 0 Å². The number of aromatic nitrogens is 2. The molecular formula is C18H13N3O2. The van der Waals surface area contributed by atoms with E-state index in [1.807, 2.05) is 36.4 Å². The largest absolute Gasteiger partial charge is 0.355 e. The second-order valence-corrected chi connectivity index (χ2v) is 5.02. The Labute approximate surface area is 133 Å². The zero-order valence-corrected chi connectivity index (χ0v) is 12.4. The molecule has 3 aromatic rings. The van der Waals surface area contributed by atoms with Gasteiger partial charge in [0, 0.05) is 11.8 Å². The van der Waals surface area contributed by atoms with Crippen LogP contribution in [0.1, 0.15) is 27.7 Å². The lowest BCUT2D eigenvalue weighted by Crippen LogP contribution is -2.14. The van der Waals surface area contributed by atoms with Crippen LogP contribution in [0.2, 0.25) is 0 Å². The van der Waals surface area contributed by atoms with Crippen LogP contribution in [0.5, 0.6) is 0 Å². The van der Waals surface area contributed by atoms with Crippen molar-refractivity contribution >= 4 is 5.78 Å². The van der Waals surface area contributed by atoms with Crippen molar-refractivity contribution < 1.29 is 9.32 Å². The summed E-state index contributed by atoms with van der Waals surface area (Å²) in [6, 6.07) is 16.4. The van der Waals surface area contributed by atoms with Crippen molar-refractivity contribution in [1.29, 1.82) is 5.26 Å². The van der Waals surface area contributed by atoms with Crippen LogP contribution in [0.15, 0.2) is 59.3 Å². The van der Waals surface area contributed by atoms with Crippen molar-refractivity contribution in [3.8, 4) is 17.4 Å². The fraction of sp³-hybridized carbons (Fsp3) is 0.111. The summed E-state index contributed by atoms with van der Waals surface area (Å²) in [5, 5.41) is 13.3. The van der Waals surface area contributed by atoms with E-state index >= 15 is 0 Å². The van der Waals surface area contributed by atoms with Gasteiger partial charge in [0.2, 0.25) is 0 Å². The molecule has 2 heterocycles. The molecule has 0 amide bonds. The second kappa shape index (κ2) is 6.24. The third kappa shape index (κ3) is 2.74. The molecule has 0 aliphatic carbocycles. The highest BCUT2D eigenvalue weighted by molar-refractivity contribution is 6.07. The van der Waals surface area contributed by atoms with Crippen LogP contribution in [0, 0.1) is 18.3 Å². The quantitative estimate of drug-likeness (QED) is 0.689. The number of benzene rings is 1. The third-order valence-electron chi connectivity index (χ3n) is 3.52. The first-order valence-electron chi connectivity index (χ1n) is 7.09. The molecule has 0 unspecified atom stereocenters. The molecule has 1 atom stereocenters. The van der Waals surface area contributed by atoms with Crippen molar-refractivity contribution in [2.24, 2.45) is 0 Å². The average Bonchev–Trinajstić information content (AvgIpc) is 2.99. The number of nitrogens with zero attached hydrogens (tertiary/aromatic N) is 3. The van der Waals surface area contributed by atoms with Crippen molar-refractivity contribution in [2.75, 3.05) is 0 Å². The molecule has 5 nitrogen and oxygen atoms in total. The summed E-state index contributed by atoms with van der Waals surface area (Å²) in [6.07, 6.45) is 1.56. The average molecular weight is 303 g/mol. The summed E-state index contributed by atoms with van der Waals surface area (Å²) in [7, 11) is 0. The highest BCUT2D eigenvalue weighted by Crippen LogP contribution is 2.30. The van der Waals surface area contributed by atoms with Crippen LogP contribution < -0.4 is 0 Å². The summed E-state index contributed by atoms with van der Waals surface area (Å²) in [6.45, 7) is 1.69.